The van der Waals surface area contributed by atoms with Crippen LogP contribution in [0.5, 0.6) is 0 Å². The third kappa shape index (κ3) is 4.53. The van der Waals surface area contributed by atoms with E-state index in [1.165, 1.54) is 10.4 Å². The Hall–Kier alpha value is -0.680. The fraction of sp³-hybridized carbons (Fsp3) is 0.286. The molecule has 2 aromatic rings. The predicted octanol–water partition coefficient (Wildman–Crippen LogP) is 3.82. The van der Waals surface area contributed by atoms with Crippen molar-refractivity contribution in [3.8, 4) is 0 Å². The van der Waals surface area contributed by atoms with Gasteiger partial charge in [-0.15, -0.1) is 11.3 Å². The van der Waals surface area contributed by atoms with Crippen molar-refractivity contribution in [2.45, 2.75) is 13.2 Å². The van der Waals surface area contributed by atoms with E-state index in [4.69, 9.17) is 4.74 Å². The van der Waals surface area contributed by atoms with Gasteiger partial charge in [0.25, 0.3) is 0 Å². The Morgan fingerprint density at radius 1 is 1.17 bits per heavy atom. The lowest BCUT2D eigenvalue weighted by molar-refractivity contribution is 0.122. The highest BCUT2D eigenvalue weighted by Gasteiger charge is 1.98. The van der Waals surface area contributed by atoms with Gasteiger partial charge in [-0.05, 0) is 23.1 Å². The molecule has 0 bridgehead atoms. The van der Waals surface area contributed by atoms with Gasteiger partial charge in [0.05, 0.1) is 13.2 Å². The predicted molar refractivity (Wildman–Crippen MR) is 79.8 cm³/mol. The van der Waals surface area contributed by atoms with Crippen molar-refractivity contribution in [1.82, 2.24) is 5.32 Å². The lowest BCUT2D eigenvalue weighted by atomic mass is 10.2. The van der Waals surface area contributed by atoms with Crippen LogP contribution in [0.25, 0.3) is 0 Å². The third-order valence-electron chi connectivity index (χ3n) is 2.52. The molecule has 0 aliphatic heterocycles. The lowest BCUT2D eigenvalue weighted by Crippen LogP contribution is -2.18. The van der Waals surface area contributed by atoms with Crippen LogP contribution in [0.15, 0.2) is 46.3 Å². The monoisotopic (exact) mass is 325 g/mol. The topological polar surface area (TPSA) is 21.3 Å². The second-order valence-corrected chi connectivity index (χ2v) is 5.79. The van der Waals surface area contributed by atoms with E-state index in [0.717, 1.165) is 24.2 Å². The molecule has 18 heavy (non-hydrogen) atoms. The van der Waals surface area contributed by atoms with Gasteiger partial charge in [-0.2, -0.15) is 0 Å². The minimum atomic E-state index is 0.655. The molecule has 4 heteroatoms. The van der Waals surface area contributed by atoms with Crippen LogP contribution in [0.4, 0.5) is 0 Å². The number of hydrogen-bond acceptors (Lipinski definition) is 3. The van der Waals surface area contributed by atoms with Gasteiger partial charge >= 0.3 is 0 Å². The SMILES string of the molecule is Brc1ccccc1COCCNCc1cccs1. The molecule has 0 unspecified atom stereocenters. The third-order valence-corrected chi connectivity index (χ3v) is 4.17. The van der Waals surface area contributed by atoms with Gasteiger partial charge in [-0.3, -0.25) is 0 Å². The van der Waals surface area contributed by atoms with Crippen molar-refractivity contribution in [3.63, 3.8) is 0 Å². The summed E-state index contributed by atoms with van der Waals surface area (Å²) in [6.07, 6.45) is 0. The van der Waals surface area contributed by atoms with Crippen molar-refractivity contribution >= 4 is 27.3 Å². The molecular formula is C14H16BrNOS. The first-order chi connectivity index (χ1) is 8.86. The molecule has 1 aromatic heterocycles. The molecule has 0 fully saturated rings. The van der Waals surface area contributed by atoms with Crippen LogP contribution in [-0.4, -0.2) is 13.2 Å². The molecule has 1 aromatic carbocycles. The van der Waals surface area contributed by atoms with Crippen LogP contribution >= 0.6 is 27.3 Å². The normalized spacial score (nSPS) is 10.7. The summed E-state index contributed by atoms with van der Waals surface area (Å²) in [4.78, 5) is 1.36. The van der Waals surface area contributed by atoms with Crippen LogP contribution in [0.1, 0.15) is 10.4 Å². The number of halogens is 1. The summed E-state index contributed by atoms with van der Waals surface area (Å²) < 4.78 is 6.74. The van der Waals surface area contributed by atoms with Gasteiger partial charge in [0.2, 0.25) is 0 Å². The zero-order chi connectivity index (χ0) is 12.6. The van der Waals surface area contributed by atoms with Gasteiger partial charge in [0, 0.05) is 22.4 Å². The lowest BCUT2D eigenvalue weighted by Gasteiger charge is -2.07. The van der Waals surface area contributed by atoms with E-state index >= 15 is 0 Å². The summed E-state index contributed by atoms with van der Waals surface area (Å²) in [5.74, 6) is 0. The summed E-state index contributed by atoms with van der Waals surface area (Å²) in [6.45, 7) is 3.19. The number of nitrogens with one attached hydrogen (secondary N) is 1. The van der Waals surface area contributed by atoms with Gasteiger partial charge < -0.3 is 10.1 Å². The summed E-state index contributed by atoms with van der Waals surface area (Å²) >= 11 is 5.29. The zero-order valence-corrected chi connectivity index (χ0v) is 12.5. The first kappa shape index (κ1) is 13.7. The largest absolute Gasteiger partial charge is 0.375 e. The molecule has 0 aliphatic carbocycles. The Labute approximate surface area is 120 Å². The van der Waals surface area contributed by atoms with E-state index in [9.17, 15) is 0 Å². The van der Waals surface area contributed by atoms with E-state index in [2.05, 4.69) is 44.8 Å². The van der Waals surface area contributed by atoms with Crippen LogP contribution in [0.3, 0.4) is 0 Å². The standard InChI is InChI=1S/C14H16BrNOS/c15-14-6-2-1-4-12(14)11-17-8-7-16-10-13-5-3-9-18-13/h1-6,9,16H,7-8,10-11H2. The number of hydrogen-bond donors (Lipinski definition) is 1. The Morgan fingerprint density at radius 3 is 2.83 bits per heavy atom. The highest BCUT2D eigenvalue weighted by molar-refractivity contribution is 9.10. The maximum absolute atomic E-state index is 5.63. The number of ether oxygens (including phenoxy) is 1. The van der Waals surface area contributed by atoms with Crippen LogP contribution in [0, 0.1) is 0 Å². The minimum absolute atomic E-state index is 0.655. The van der Waals surface area contributed by atoms with E-state index in [-0.39, 0.29) is 0 Å². The van der Waals surface area contributed by atoms with Crippen LogP contribution in [0.2, 0.25) is 0 Å². The van der Waals surface area contributed by atoms with E-state index in [0.29, 0.717) is 6.61 Å². The molecule has 0 saturated heterocycles. The number of rotatable bonds is 7. The van der Waals surface area contributed by atoms with Gasteiger partial charge in [0.15, 0.2) is 0 Å². The fourth-order valence-corrected chi connectivity index (χ4v) is 2.64. The van der Waals surface area contributed by atoms with E-state index in [1.807, 2.05) is 18.2 Å². The second kappa shape index (κ2) is 7.69. The molecule has 0 amide bonds. The molecule has 1 heterocycles. The molecule has 0 spiro atoms. The summed E-state index contributed by atoms with van der Waals surface area (Å²) in [5.41, 5.74) is 1.19. The van der Waals surface area contributed by atoms with Crippen LogP contribution in [-0.2, 0) is 17.9 Å². The van der Waals surface area contributed by atoms with E-state index in [1.54, 1.807) is 11.3 Å². The quantitative estimate of drug-likeness (QED) is 0.781. The Bertz CT molecular complexity index is 459. The smallest absolute Gasteiger partial charge is 0.0728 e. The van der Waals surface area contributed by atoms with Crippen molar-refractivity contribution in [1.29, 1.82) is 0 Å². The maximum atomic E-state index is 5.63. The minimum Gasteiger partial charge on any atom is -0.375 e. The molecule has 0 saturated carbocycles. The first-order valence-electron chi connectivity index (χ1n) is 5.90. The van der Waals surface area contributed by atoms with Crippen molar-refractivity contribution < 1.29 is 4.74 Å². The van der Waals surface area contributed by atoms with Crippen molar-refractivity contribution in [2.75, 3.05) is 13.2 Å². The van der Waals surface area contributed by atoms with E-state index < -0.39 is 0 Å². The average molecular weight is 326 g/mol. The van der Waals surface area contributed by atoms with Gasteiger partial charge in [0.1, 0.15) is 0 Å². The fourth-order valence-electron chi connectivity index (χ4n) is 1.57. The van der Waals surface area contributed by atoms with Gasteiger partial charge in [-0.25, -0.2) is 0 Å². The molecule has 0 aliphatic rings. The molecular weight excluding hydrogens is 310 g/mol. The summed E-state index contributed by atoms with van der Waals surface area (Å²) in [7, 11) is 0. The van der Waals surface area contributed by atoms with Crippen molar-refractivity contribution in [2.24, 2.45) is 0 Å². The Morgan fingerprint density at radius 2 is 2.06 bits per heavy atom. The zero-order valence-electron chi connectivity index (χ0n) is 10.1. The number of thiophene rings is 1. The van der Waals surface area contributed by atoms with Crippen LogP contribution < -0.4 is 5.32 Å². The molecule has 2 rings (SSSR count). The highest BCUT2D eigenvalue weighted by Crippen LogP contribution is 2.16. The molecule has 0 radical (unpaired) electrons. The maximum Gasteiger partial charge on any atom is 0.0728 e. The number of benzene rings is 1. The molecule has 2 nitrogen and oxygen atoms in total. The Balaban J connectivity index is 1.58. The average Bonchev–Trinajstić information content (AvgIpc) is 2.89. The Kier molecular flexibility index (Phi) is 5.87. The highest BCUT2D eigenvalue weighted by atomic mass is 79.9. The van der Waals surface area contributed by atoms with Crippen molar-refractivity contribution in [3.05, 3.63) is 56.7 Å². The first-order valence-corrected chi connectivity index (χ1v) is 7.58. The summed E-state index contributed by atoms with van der Waals surface area (Å²) in [5, 5.41) is 5.46. The second-order valence-electron chi connectivity index (χ2n) is 3.90. The summed E-state index contributed by atoms with van der Waals surface area (Å²) in [6, 6.07) is 12.4. The molecule has 1 N–H and O–H groups in total. The van der Waals surface area contributed by atoms with Gasteiger partial charge in [-0.1, -0.05) is 40.2 Å². The molecule has 96 valence electrons. The molecule has 0 atom stereocenters.